The van der Waals surface area contributed by atoms with Gasteiger partial charge in [-0.15, -0.1) is 5.10 Å². The molecule has 4 nitrogen and oxygen atoms in total. The van der Waals surface area contributed by atoms with Gasteiger partial charge in [-0.05, 0) is 37.1 Å². The van der Waals surface area contributed by atoms with Crippen LogP contribution in [0.3, 0.4) is 0 Å². The molecule has 21 heavy (non-hydrogen) atoms. The molecule has 1 aromatic heterocycles. The molecule has 0 bridgehead atoms. The molecule has 1 N–H and O–H groups in total. The average molecular weight is 280 g/mol. The van der Waals surface area contributed by atoms with E-state index in [0.29, 0.717) is 5.92 Å². The Hall–Kier alpha value is -2.36. The quantitative estimate of drug-likeness (QED) is 0.785. The summed E-state index contributed by atoms with van der Waals surface area (Å²) in [5, 5.41) is 12.1. The van der Waals surface area contributed by atoms with Crippen LogP contribution in [0.5, 0.6) is 0 Å². The van der Waals surface area contributed by atoms with Crippen LogP contribution in [0.15, 0.2) is 48.5 Å². The van der Waals surface area contributed by atoms with Crippen LogP contribution in [0.25, 0.3) is 11.0 Å². The molecule has 0 aliphatic rings. The summed E-state index contributed by atoms with van der Waals surface area (Å²) in [5.41, 5.74) is 4.33. The third kappa shape index (κ3) is 2.75. The molecule has 4 heteroatoms. The molecular weight excluding hydrogens is 260 g/mol. The van der Waals surface area contributed by atoms with Crippen molar-refractivity contribution in [2.75, 3.05) is 5.32 Å². The minimum absolute atomic E-state index is 0.0695. The molecule has 0 aliphatic carbocycles. The standard InChI is InChI=1S/C17H20N4/c1-12(2)17(18-14-10-8-13(3)9-11-14)21-16-7-5-4-6-15(16)19-20-21/h4-12,17-18H,1-3H3. The fourth-order valence-corrected chi connectivity index (χ4v) is 2.42. The predicted octanol–water partition coefficient (Wildman–Crippen LogP) is 4.01. The largest absolute Gasteiger partial charge is 0.363 e. The van der Waals surface area contributed by atoms with Gasteiger partial charge in [0, 0.05) is 5.69 Å². The van der Waals surface area contributed by atoms with Gasteiger partial charge < -0.3 is 5.32 Å². The number of aryl methyl sites for hydroxylation is 1. The maximum absolute atomic E-state index is 4.33. The minimum Gasteiger partial charge on any atom is -0.363 e. The molecule has 0 saturated carbocycles. The zero-order chi connectivity index (χ0) is 14.8. The lowest BCUT2D eigenvalue weighted by atomic mass is 10.1. The maximum atomic E-state index is 4.33. The first-order valence-corrected chi connectivity index (χ1v) is 7.28. The molecule has 1 atom stereocenters. The SMILES string of the molecule is Cc1ccc(NC(C(C)C)n2nnc3ccccc32)cc1. The van der Waals surface area contributed by atoms with Crippen molar-refractivity contribution in [3.05, 3.63) is 54.1 Å². The second kappa shape index (κ2) is 5.56. The van der Waals surface area contributed by atoms with Crippen molar-refractivity contribution < 1.29 is 0 Å². The van der Waals surface area contributed by atoms with Crippen molar-refractivity contribution in [3.63, 3.8) is 0 Å². The van der Waals surface area contributed by atoms with Gasteiger partial charge in [-0.1, -0.05) is 48.9 Å². The summed E-state index contributed by atoms with van der Waals surface area (Å²) in [6, 6.07) is 16.5. The van der Waals surface area contributed by atoms with Gasteiger partial charge in [-0.2, -0.15) is 0 Å². The van der Waals surface area contributed by atoms with Gasteiger partial charge in [-0.3, -0.25) is 0 Å². The molecule has 0 amide bonds. The number of aromatic nitrogens is 3. The van der Waals surface area contributed by atoms with E-state index in [4.69, 9.17) is 0 Å². The summed E-state index contributed by atoms with van der Waals surface area (Å²) < 4.78 is 1.97. The number of anilines is 1. The average Bonchev–Trinajstić information content (AvgIpc) is 2.90. The lowest BCUT2D eigenvalue weighted by Crippen LogP contribution is -2.24. The zero-order valence-electron chi connectivity index (χ0n) is 12.6. The van der Waals surface area contributed by atoms with Gasteiger partial charge in [0.1, 0.15) is 11.7 Å². The minimum atomic E-state index is 0.0695. The molecule has 1 unspecified atom stereocenters. The van der Waals surface area contributed by atoms with Crippen LogP contribution in [-0.2, 0) is 0 Å². The van der Waals surface area contributed by atoms with Crippen LogP contribution in [0.4, 0.5) is 5.69 Å². The Morgan fingerprint density at radius 2 is 1.71 bits per heavy atom. The molecule has 3 rings (SSSR count). The number of nitrogens with one attached hydrogen (secondary N) is 1. The zero-order valence-corrected chi connectivity index (χ0v) is 12.6. The molecule has 1 heterocycles. The highest BCUT2D eigenvalue weighted by Crippen LogP contribution is 2.24. The summed E-state index contributed by atoms with van der Waals surface area (Å²) in [6.45, 7) is 6.46. The van der Waals surface area contributed by atoms with Gasteiger partial charge in [0.25, 0.3) is 0 Å². The van der Waals surface area contributed by atoms with Crippen LogP contribution in [0.1, 0.15) is 25.6 Å². The first-order valence-electron chi connectivity index (χ1n) is 7.28. The second-order valence-corrected chi connectivity index (χ2v) is 5.72. The molecule has 3 aromatic rings. The molecule has 0 spiro atoms. The van der Waals surface area contributed by atoms with Crippen molar-refractivity contribution in [1.82, 2.24) is 15.0 Å². The second-order valence-electron chi connectivity index (χ2n) is 5.72. The predicted molar refractivity (Wildman–Crippen MR) is 86.2 cm³/mol. The summed E-state index contributed by atoms with van der Waals surface area (Å²) in [7, 11) is 0. The highest BCUT2D eigenvalue weighted by molar-refractivity contribution is 5.74. The van der Waals surface area contributed by atoms with E-state index in [2.05, 4.69) is 66.7 Å². The fraction of sp³-hybridized carbons (Fsp3) is 0.294. The van der Waals surface area contributed by atoms with Gasteiger partial charge in [0.2, 0.25) is 0 Å². The topological polar surface area (TPSA) is 42.7 Å². The van der Waals surface area contributed by atoms with Crippen molar-refractivity contribution in [3.8, 4) is 0 Å². The Bertz CT molecular complexity index is 728. The van der Waals surface area contributed by atoms with E-state index in [0.717, 1.165) is 16.7 Å². The van der Waals surface area contributed by atoms with Gasteiger partial charge in [-0.25, -0.2) is 4.68 Å². The molecule has 0 aliphatic heterocycles. The highest BCUT2D eigenvalue weighted by Gasteiger charge is 2.19. The van der Waals surface area contributed by atoms with Gasteiger partial charge in [0.15, 0.2) is 0 Å². The van der Waals surface area contributed by atoms with E-state index in [1.54, 1.807) is 0 Å². The number of hydrogen-bond donors (Lipinski definition) is 1. The lowest BCUT2D eigenvalue weighted by Gasteiger charge is -2.24. The summed E-state index contributed by atoms with van der Waals surface area (Å²) >= 11 is 0. The third-order valence-corrected chi connectivity index (χ3v) is 3.64. The van der Waals surface area contributed by atoms with E-state index in [9.17, 15) is 0 Å². The van der Waals surface area contributed by atoms with Crippen molar-refractivity contribution in [2.45, 2.75) is 26.9 Å². The van der Waals surface area contributed by atoms with Crippen LogP contribution in [0, 0.1) is 12.8 Å². The van der Waals surface area contributed by atoms with E-state index < -0.39 is 0 Å². The van der Waals surface area contributed by atoms with Gasteiger partial charge >= 0.3 is 0 Å². The maximum Gasteiger partial charge on any atom is 0.125 e. The Morgan fingerprint density at radius 1 is 1.00 bits per heavy atom. The first-order chi connectivity index (χ1) is 10.1. The Labute approximate surface area is 124 Å². The molecule has 2 aromatic carbocycles. The Kier molecular flexibility index (Phi) is 3.60. The monoisotopic (exact) mass is 280 g/mol. The fourth-order valence-electron chi connectivity index (χ4n) is 2.42. The number of fused-ring (bicyclic) bond motifs is 1. The highest BCUT2D eigenvalue weighted by atomic mass is 15.5. The van der Waals surface area contributed by atoms with Crippen molar-refractivity contribution in [2.24, 2.45) is 5.92 Å². The molecular formula is C17H20N4. The lowest BCUT2D eigenvalue weighted by molar-refractivity contribution is 0.388. The van der Waals surface area contributed by atoms with Crippen molar-refractivity contribution in [1.29, 1.82) is 0 Å². The van der Waals surface area contributed by atoms with Crippen LogP contribution >= 0.6 is 0 Å². The smallest absolute Gasteiger partial charge is 0.125 e. The molecule has 0 fully saturated rings. The normalized spacial score (nSPS) is 12.8. The molecule has 0 radical (unpaired) electrons. The van der Waals surface area contributed by atoms with E-state index in [1.165, 1.54) is 5.56 Å². The van der Waals surface area contributed by atoms with Gasteiger partial charge in [0.05, 0.1) is 5.52 Å². The number of benzene rings is 2. The third-order valence-electron chi connectivity index (χ3n) is 3.64. The van der Waals surface area contributed by atoms with Crippen LogP contribution in [-0.4, -0.2) is 15.0 Å². The molecule has 0 saturated heterocycles. The summed E-state index contributed by atoms with van der Waals surface area (Å²) in [6.07, 6.45) is 0.0695. The molecule has 108 valence electrons. The van der Waals surface area contributed by atoms with Crippen LogP contribution in [0.2, 0.25) is 0 Å². The Morgan fingerprint density at radius 3 is 2.43 bits per heavy atom. The van der Waals surface area contributed by atoms with E-state index in [1.807, 2.05) is 22.9 Å². The Balaban J connectivity index is 1.96. The summed E-state index contributed by atoms with van der Waals surface area (Å²) in [5.74, 6) is 0.386. The van der Waals surface area contributed by atoms with Crippen LogP contribution < -0.4 is 5.32 Å². The number of nitrogens with zero attached hydrogens (tertiary/aromatic N) is 3. The van der Waals surface area contributed by atoms with E-state index >= 15 is 0 Å². The number of para-hydroxylation sites is 1. The summed E-state index contributed by atoms with van der Waals surface area (Å²) in [4.78, 5) is 0. The van der Waals surface area contributed by atoms with E-state index in [-0.39, 0.29) is 6.17 Å². The number of hydrogen-bond acceptors (Lipinski definition) is 3. The first kappa shape index (κ1) is 13.6. The van der Waals surface area contributed by atoms with Crippen molar-refractivity contribution >= 4 is 16.7 Å². The number of rotatable bonds is 4.